The van der Waals surface area contributed by atoms with E-state index in [0.29, 0.717) is 13.0 Å². The third-order valence-electron chi connectivity index (χ3n) is 13.6. The molecule has 1 heterocycles. The number of carbonyl (C=O) groups is 1. The second kappa shape index (κ2) is 47.8. The molecule has 0 spiro atoms. The molecule has 13 heteroatoms. The third kappa shape index (κ3) is 40.9. The second-order valence-corrected chi connectivity index (χ2v) is 21.3. The number of aliphatic hydroxyl groups is 3. The molecule has 12 nitrogen and oxygen atoms in total. The van der Waals surface area contributed by atoms with Crippen molar-refractivity contribution in [2.24, 2.45) is 0 Å². The molecule has 0 aromatic heterocycles. The molecule has 0 bridgehead atoms. The molecule has 1 saturated heterocycles. The Kier molecular flexibility index (Phi) is 45.6. The molecule has 1 rings (SSSR count). The SMILES string of the molecule is CCCCCCCCCC/C=C\CCCCCCCCCCCCCC(=O)OC(COCCCCCCCCCCCCCCCCCCCCC)COC1OC(CO)C(O)C(OS(=O)(=O)O)C1O. The molecule has 0 aliphatic carbocycles. The van der Waals surface area contributed by atoms with Crippen molar-refractivity contribution < 1.29 is 56.2 Å². The van der Waals surface area contributed by atoms with Crippen LogP contribution in [0.2, 0.25) is 0 Å². The highest BCUT2D eigenvalue weighted by Gasteiger charge is 2.48. The Balaban J connectivity index is 2.28. The number of rotatable bonds is 52. The van der Waals surface area contributed by atoms with E-state index in [1.165, 1.54) is 212 Å². The van der Waals surface area contributed by atoms with Gasteiger partial charge in [0.25, 0.3) is 0 Å². The number of hydrogen-bond donors (Lipinski definition) is 4. The molecule has 0 aromatic rings. The monoisotopic (exact) mass is 1000 g/mol. The lowest BCUT2D eigenvalue weighted by Gasteiger charge is -2.41. The Morgan fingerprint density at radius 2 is 0.913 bits per heavy atom. The van der Waals surface area contributed by atoms with E-state index < -0.39 is 59.8 Å². The quantitative estimate of drug-likeness (QED) is 0.0196. The smallest absolute Gasteiger partial charge is 0.397 e. The molecule has 410 valence electrons. The number of ether oxygens (including phenoxy) is 4. The first-order chi connectivity index (χ1) is 33.6. The molecular formula is C56H108O12S. The zero-order valence-corrected chi connectivity index (χ0v) is 45.2. The summed E-state index contributed by atoms with van der Waals surface area (Å²) in [6.07, 6.45) is 46.8. The van der Waals surface area contributed by atoms with E-state index in [9.17, 15) is 33.1 Å². The molecule has 6 atom stereocenters. The van der Waals surface area contributed by atoms with Gasteiger partial charge in [-0.2, -0.15) is 8.42 Å². The molecule has 1 aliphatic heterocycles. The predicted octanol–water partition coefficient (Wildman–Crippen LogP) is 14.1. The number of esters is 1. The molecule has 0 amide bonds. The molecule has 0 saturated carbocycles. The van der Waals surface area contributed by atoms with Gasteiger partial charge in [0.1, 0.15) is 30.5 Å². The van der Waals surface area contributed by atoms with E-state index in [1.54, 1.807) is 0 Å². The largest absolute Gasteiger partial charge is 0.457 e. The minimum Gasteiger partial charge on any atom is -0.457 e. The fraction of sp³-hybridized carbons (Fsp3) is 0.946. The number of allylic oxidation sites excluding steroid dienone is 2. The van der Waals surface area contributed by atoms with E-state index in [1.807, 2.05) is 0 Å². The van der Waals surface area contributed by atoms with E-state index in [0.717, 1.165) is 38.5 Å². The Labute approximate surface area is 423 Å². The van der Waals surface area contributed by atoms with E-state index in [-0.39, 0.29) is 19.6 Å². The molecule has 0 radical (unpaired) electrons. The normalized spacial score (nSPS) is 19.2. The summed E-state index contributed by atoms with van der Waals surface area (Å²) < 4.78 is 59.4. The maximum absolute atomic E-state index is 13.0. The van der Waals surface area contributed by atoms with Crippen LogP contribution in [0.15, 0.2) is 12.2 Å². The highest BCUT2D eigenvalue weighted by Crippen LogP contribution is 2.26. The average Bonchev–Trinajstić information content (AvgIpc) is 3.32. The van der Waals surface area contributed by atoms with Crippen molar-refractivity contribution in [2.45, 2.75) is 314 Å². The first kappa shape index (κ1) is 65.9. The number of unbranched alkanes of at least 4 members (excludes halogenated alkanes) is 37. The van der Waals surface area contributed by atoms with Gasteiger partial charge >= 0.3 is 16.4 Å². The predicted molar refractivity (Wildman–Crippen MR) is 281 cm³/mol. The van der Waals surface area contributed by atoms with Crippen molar-refractivity contribution in [3.63, 3.8) is 0 Å². The average molecular weight is 1010 g/mol. The summed E-state index contributed by atoms with van der Waals surface area (Å²) >= 11 is 0. The Bertz CT molecular complexity index is 1250. The van der Waals surface area contributed by atoms with Gasteiger partial charge in [0.2, 0.25) is 0 Å². The molecule has 1 fully saturated rings. The Morgan fingerprint density at radius 3 is 1.30 bits per heavy atom. The second-order valence-electron chi connectivity index (χ2n) is 20.2. The fourth-order valence-electron chi connectivity index (χ4n) is 9.26. The van der Waals surface area contributed by atoms with Crippen molar-refractivity contribution in [2.75, 3.05) is 26.4 Å². The van der Waals surface area contributed by atoms with Gasteiger partial charge in [-0.3, -0.25) is 9.35 Å². The minimum atomic E-state index is -5.06. The first-order valence-corrected chi connectivity index (χ1v) is 30.3. The summed E-state index contributed by atoms with van der Waals surface area (Å²) in [6, 6.07) is 0. The van der Waals surface area contributed by atoms with Gasteiger partial charge in [0.15, 0.2) is 6.29 Å². The van der Waals surface area contributed by atoms with Crippen molar-refractivity contribution in [3.8, 4) is 0 Å². The van der Waals surface area contributed by atoms with Gasteiger partial charge < -0.3 is 34.3 Å². The summed E-state index contributed by atoms with van der Waals surface area (Å²) in [4.78, 5) is 13.0. The first-order valence-electron chi connectivity index (χ1n) is 28.9. The van der Waals surface area contributed by atoms with Gasteiger partial charge in [-0.25, -0.2) is 4.18 Å². The van der Waals surface area contributed by atoms with E-state index >= 15 is 0 Å². The third-order valence-corrected chi connectivity index (χ3v) is 14.1. The van der Waals surface area contributed by atoms with Crippen LogP contribution in [0.5, 0.6) is 0 Å². The molecular weight excluding hydrogens is 897 g/mol. The molecule has 0 aromatic carbocycles. The minimum absolute atomic E-state index is 0.0427. The van der Waals surface area contributed by atoms with Crippen LogP contribution in [0.4, 0.5) is 0 Å². The van der Waals surface area contributed by atoms with E-state index in [2.05, 4.69) is 30.2 Å². The maximum atomic E-state index is 13.0. The zero-order valence-electron chi connectivity index (χ0n) is 44.4. The highest BCUT2D eigenvalue weighted by molar-refractivity contribution is 7.80. The lowest BCUT2D eigenvalue weighted by atomic mass is 9.99. The zero-order chi connectivity index (χ0) is 50.3. The number of aliphatic hydroxyl groups excluding tert-OH is 3. The highest BCUT2D eigenvalue weighted by atomic mass is 32.3. The lowest BCUT2D eigenvalue weighted by Crippen LogP contribution is -2.60. The maximum Gasteiger partial charge on any atom is 0.397 e. The molecule has 69 heavy (non-hydrogen) atoms. The van der Waals surface area contributed by atoms with Crippen LogP contribution in [0.1, 0.15) is 277 Å². The van der Waals surface area contributed by atoms with Crippen LogP contribution in [-0.4, -0.2) is 97.5 Å². The van der Waals surface area contributed by atoms with Crippen LogP contribution in [-0.2, 0) is 38.3 Å². The van der Waals surface area contributed by atoms with Crippen molar-refractivity contribution in [3.05, 3.63) is 12.2 Å². The number of hydrogen-bond acceptors (Lipinski definition) is 11. The standard InChI is InChI=1S/C56H108O12S/c1-3-5-7-9-11-13-15-17-19-21-23-24-25-26-27-29-31-33-35-37-39-41-43-45-52(58)66-50(49-65-56-54(60)55(68-69(61,62)63)53(59)51(47-57)67-56)48-64-46-44-42-40-38-36-34-32-30-28-22-20-18-16-14-12-10-8-6-4-2/h21,23,50-51,53-57,59-60H,3-20,22,24-49H2,1-2H3,(H,61,62,63)/b23-21-. The summed E-state index contributed by atoms with van der Waals surface area (Å²) in [6.45, 7) is 4.06. The van der Waals surface area contributed by atoms with Crippen LogP contribution in [0.25, 0.3) is 0 Å². The summed E-state index contributed by atoms with van der Waals surface area (Å²) in [5, 5.41) is 30.8. The summed E-state index contributed by atoms with van der Waals surface area (Å²) in [7, 11) is -5.06. The van der Waals surface area contributed by atoms with Gasteiger partial charge in [-0.05, 0) is 38.5 Å². The lowest BCUT2D eigenvalue weighted by molar-refractivity contribution is -0.301. The van der Waals surface area contributed by atoms with Crippen LogP contribution >= 0.6 is 0 Å². The van der Waals surface area contributed by atoms with Crippen molar-refractivity contribution in [1.82, 2.24) is 0 Å². The van der Waals surface area contributed by atoms with Gasteiger partial charge in [-0.15, -0.1) is 0 Å². The Morgan fingerprint density at radius 1 is 0.536 bits per heavy atom. The van der Waals surface area contributed by atoms with Gasteiger partial charge in [0.05, 0.1) is 19.8 Å². The van der Waals surface area contributed by atoms with Crippen LogP contribution in [0.3, 0.4) is 0 Å². The molecule has 4 N–H and O–H groups in total. The topological polar surface area (TPSA) is 178 Å². The number of carbonyl (C=O) groups excluding carboxylic acids is 1. The summed E-state index contributed by atoms with van der Waals surface area (Å²) in [5.74, 6) is -0.393. The van der Waals surface area contributed by atoms with Gasteiger partial charge in [0, 0.05) is 13.0 Å². The van der Waals surface area contributed by atoms with E-state index in [4.69, 9.17) is 18.9 Å². The Hall–Kier alpha value is -1.16. The molecule has 1 aliphatic rings. The van der Waals surface area contributed by atoms with Gasteiger partial charge in [-0.1, -0.05) is 244 Å². The molecule has 6 unspecified atom stereocenters. The fourth-order valence-corrected chi connectivity index (χ4v) is 9.77. The van der Waals surface area contributed by atoms with Crippen LogP contribution in [0, 0.1) is 0 Å². The summed E-state index contributed by atoms with van der Waals surface area (Å²) in [5.41, 5.74) is 0. The van der Waals surface area contributed by atoms with Crippen molar-refractivity contribution in [1.29, 1.82) is 0 Å². The van der Waals surface area contributed by atoms with Crippen LogP contribution < -0.4 is 0 Å². The van der Waals surface area contributed by atoms with Crippen molar-refractivity contribution >= 4 is 16.4 Å².